The third-order valence-electron chi connectivity index (χ3n) is 5.29. The smallest absolute Gasteiger partial charge is 0.246 e. The van der Waals surface area contributed by atoms with Gasteiger partial charge < -0.3 is 18.6 Å². The van der Waals surface area contributed by atoms with E-state index in [-0.39, 0.29) is 6.04 Å². The molecule has 0 spiro atoms. The molecule has 5 rings (SSSR count). The average Bonchev–Trinajstić information content (AvgIpc) is 3.44. The van der Waals surface area contributed by atoms with Crippen LogP contribution in [0.5, 0.6) is 17.2 Å². The third-order valence-corrected chi connectivity index (χ3v) is 5.29. The summed E-state index contributed by atoms with van der Waals surface area (Å²) in [5.74, 6) is 3.06. The van der Waals surface area contributed by atoms with Gasteiger partial charge in [0.15, 0.2) is 17.3 Å². The molecule has 3 aromatic rings. The van der Waals surface area contributed by atoms with E-state index < -0.39 is 6.23 Å². The van der Waals surface area contributed by atoms with Crippen molar-refractivity contribution in [3.05, 3.63) is 77.7 Å². The van der Waals surface area contributed by atoms with Gasteiger partial charge in [-0.25, -0.2) is 5.01 Å². The highest BCUT2D eigenvalue weighted by Gasteiger charge is 2.43. The number of ether oxygens (including phenoxy) is 3. The van der Waals surface area contributed by atoms with Crippen LogP contribution in [0.2, 0.25) is 0 Å². The Bertz CT molecular complexity index is 1030. The highest BCUT2D eigenvalue weighted by Crippen LogP contribution is 2.50. The van der Waals surface area contributed by atoms with Crippen LogP contribution in [0.1, 0.15) is 42.5 Å². The zero-order valence-corrected chi connectivity index (χ0v) is 16.4. The highest BCUT2D eigenvalue weighted by molar-refractivity contribution is 6.02. The molecule has 148 valence electrons. The Labute approximate surface area is 169 Å². The fourth-order valence-corrected chi connectivity index (χ4v) is 3.93. The Kier molecular flexibility index (Phi) is 4.39. The van der Waals surface area contributed by atoms with Crippen LogP contribution in [-0.4, -0.2) is 24.4 Å². The van der Waals surface area contributed by atoms with Gasteiger partial charge in [0.2, 0.25) is 6.23 Å². The molecule has 0 unspecified atom stereocenters. The van der Waals surface area contributed by atoms with E-state index in [1.807, 2.05) is 60.5 Å². The molecule has 2 aliphatic rings. The number of furan rings is 1. The minimum Gasteiger partial charge on any atom is -0.497 e. The van der Waals surface area contributed by atoms with Gasteiger partial charge in [-0.05, 0) is 55.0 Å². The van der Waals surface area contributed by atoms with Crippen LogP contribution in [0.25, 0.3) is 0 Å². The summed E-state index contributed by atoms with van der Waals surface area (Å²) in [6, 6.07) is 17.8. The molecule has 3 heterocycles. The zero-order valence-electron chi connectivity index (χ0n) is 16.4. The monoisotopic (exact) mass is 390 g/mol. The van der Waals surface area contributed by atoms with Crippen molar-refractivity contribution < 1.29 is 18.6 Å². The van der Waals surface area contributed by atoms with Gasteiger partial charge in [-0.15, -0.1) is 0 Å². The Morgan fingerprint density at radius 2 is 1.97 bits per heavy atom. The molecule has 0 amide bonds. The molecule has 2 aliphatic heterocycles. The first-order chi connectivity index (χ1) is 14.3. The summed E-state index contributed by atoms with van der Waals surface area (Å²) in [4.78, 5) is 0. The number of rotatable bonds is 5. The first kappa shape index (κ1) is 17.7. The molecule has 1 aromatic heterocycles. The first-order valence-electron chi connectivity index (χ1n) is 9.74. The summed E-state index contributed by atoms with van der Waals surface area (Å²) in [7, 11) is 1.67. The molecular weight excluding hydrogens is 368 g/mol. The summed E-state index contributed by atoms with van der Waals surface area (Å²) in [6.45, 7) is 2.55. The van der Waals surface area contributed by atoms with Gasteiger partial charge in [0.05, 0.1) is 31.7 Å². The maximum atomic E-state index is 6.37. The molecule has 0 fully saturated rings. The summed E-state index contributed by atoms with van der Waals surface area (Å²) >= 11 is 0. The van der Waals surface area contributed by atoms with Crippen molar-refractivity contribution in [3.8, 4) is 17.2 Å². The van der Waals surface area contributed by atoms with Gasteiger partial charge in [0.25, 0.3) is 0 Å². The van der Waals surface area contributed by atoms with E-state index in [1.165, 1.54) is 0 Å². The maximum absolute atomic E-state index is 6.37. The molecule has 0 saturated heterocycles. The van der Waals surface area contributed by atoms with Crippen LogP contribution in [0.4, 0.5) is 0 Å². The number of para-hydroxylation sites is 1. The molecule has 29 heavy (non-hydrogen) atoms. The second-order valence-corrected chi connectivity index (χ2v) is 6.97. The third kappa shape index (κ3) is 3.01. The van der Waals surface area contributed by atoms with Gasteiger partial charge >= 0.3 is 0 Å². The minimum atomic E-state index is -0.445. The molecular formula is C23H22N2O4. The maximum Gasteiger partial charge on any atom is 0.246 e. The lowest BCUT2D eigenvalue weighted by atomic mass is 9.96. The van der Waals surface area contributed by atoms with Crippen LogP contribution in [-0.2, 0) is 0 Å². The Hall–Kier alpha value is -3.41. The fraction of sp³-hybridized carbons (Fsp3) is 0.261. The number of hydrazone groups is 1. The largest absolute Gasteiger partial charge is 0.497 e. The van der Waals surface area contributed by atoms with Crippen molar-refractivity contribution in [2.75, 3.05) is 13.7 Å². The molecule has 0 N–H and O–H groups in total. The Morgan fingerprint density at radius 3 is 2.69 bits per heavy atom. The van der Waals surface area contributed by atoms with E-state index >= 15 is 0 Å². The van der Waals surface area contributed by atoms with Gasteiger partial charge in [-0.1, -0.05) is 12.1 Å². The lowest BCUT2D eigenvalue weighted by Gasteiger charge is -2.37. The van der Waals surface area contributed by atoms with Crippen molar-refractivity contribution in [1.82, 2.24) is 5.01 Å². The molecule has 2 atom stereocenters. The number of hydrogen-bond donors (Lipinski definition) is 0. The predicted octanol–water partition coefficient (Wildman–Crippen LogP) is 4.93. The number of fused-ring (bicyclic) bond motifs is 3. The van der Waals surface area contributed by atoms with Crippen molar-refractivity contribution >= 4 is 5.71 Å². The zero-order chi connectivity index (χ0) is 19.8. The van der Waals surface area contributed by atoms with Gasteiger partial charge in [-0.2, -0.15) is 5.10 Å². The van der Waals surface area contributed by atoms with Gasteiger partial charge in [0, 0.05) is 12.0 Å². The van der Waals surface area contributed by atoms with E-state index in [2.05, 4.69) is 6.07 Å². The average molecular weight is 390 g/mol. The van der Waals surface area contributed by atoms with Crippen LogP contribution in [0, 0.1) is 0 Å². The number of hydrogen-bond acceptors (Lipinski definition) is 6. The van der Waals surface area contributed by atoms with Crippen molar-refractivity contribution in [2.45, 2.75) is 25.6 Å². The molecule has 2 aromatic carbocycles. The topological polar surface area (TPSA) is 56.4 Å². The van der Waals surface area contributed by atoms with Crippen molar-refractivity contribution in [3.63, 3.8) is 0 Å². The minimum absolute atomic E-state index is 0.0476. The van der Waals surface area contributed by atoms with E-state index in [4.69, 9.17) is 23.7 Å². The second-order valence-electron chi connectivity index (χ2n) is 6.97. The van der Waals surface area contributed by atoms with Crippen molar-refractivity contribution in [1.29, 1.82) is 0 Å². The lowest BCUT2D eigenvalue weighted by molar-refractivity contribution is -0.0344. The molecule has 6 heteroatoms. The standard InChI is InChI=1S/C23H22N2O4/c1-3-27-20-7-4-6-17-19-14-18(15-9-11-16(26-2)12-10-15)24-25(19)23(29-22(17)20)21-8-5-13-28-21/h4-13,19,23H,3,14H2,1-2H3/t19-,23-/m1/s1. The summed E-state index contributed by atoms with van der Waals surface area (Å²) in [5, 5.41) is 6.93. The number of nitrogens with zero attached hydrogens (tertiary/aromatic N) is 2. The number of benzene rings is 2. The van der Waals surface area contributed by atoms with Gasteiger partial charge in [0.1, 0.15) is 5.75 Å². The van der Waals surface area contributed by atoms with Gasteiger partial charge in [-0.3, -0.25) is 0 Å². The first-order valence-corrected chi connectivity index (χ1v) is 9.74. The SMILES string of the molecule is CCOc1cccc2c1O[C@H](c1ccco1)N1N=C(c3ccc(OC)cc3)C[C@H]21. The highest BCUT2D eigenvalue weighted by atomic mass is 16.5. The van der Waals surface area contributed by atoms with Crippen LogP contribution in [0.15, 0.2) is 70.4 Å². The summed E-state index contributed by atoms with van der Waals surface area (Å²) < 4.78 is 23.2. The van der Waals surface area contributed by atoms with Crippen molar-refractivity contribution in [2.24, 2.45) is 5.10 Å². The predicted molar refractivity (Wildman–Crippen MR) is 108 cm³/mol. The van der Waals surface area contributed by atoms with E-state index in [0.29, 0.717) is 12.4 Å². The molecule has 0 aliphatic carbocycles. The normalized spacial score (nSPS) is 19.8. The lowest BCUT2D eigenvalue weighted by Crippen LogP contribution is -2.33. The van der Waals surface area contributed by atoms with E-state index in [1.54, 1.807) is 13.4 Å². The molecule has 0 saturated carbocycles. The number of methoxy groups -OCH3 is 1. The Morgan fingerprint density at radius 1 is 1.10 bits per heavy atom. The van der Waals surface area contributed by atoms with Crippen LogP contribution >= 0.6 is 0 Å². The fourth-order valence-electron chi connectivity index (χ4n) is 3.93. The van der Waals surface area contributed by atoms with E-state index in [0.717, 1.165) is 40.5 Å². The molecule has 0 radical (unpaired) electrons. The summed E-state index contributed by atoms with van der Waals surface area (Å²) in [5.41, 5.74) is 3.15. The molecule has 6 nitrogen and oxygen atoms in total. The van der Waals surface area contributed by atoms with E-state index in [9.17, 15) is 0 Å². The van der Waals surface area contributed by atoms with Crippen LogP contribution < -0.4 is 14.2 Å². The quantitative estimate of drug-likeness (QED) is 0.618. The second kappa shape index (κ2) is 7.20. The summed E-state index contributed by atoms with van der Waals surface area (Å²) in [6.07, 6.45) is 1.98. The van der Waals surface area contributed by atoms with Crippen LogP contribution in [0.3, 0.4) is 0 Å². The Balaban J connectivity index is 1.57. The molecule has 0 bridgehead atoms.